The number of aromatic nitrogens is 2. The molecule has 0 amide bonds. The SMILES string of the molecule is COCc1nc(N)cc(N2CCC(C)(O)C2)n1. The topological polar surface area (TPSA) is 84.5 Å². The van der Waals surface area contributed by atoms with E-state index in [1.54, 1.807) is 13.2 Å². The normalized spacial score (nSPS) is 24.3. The van der Waals surface area contributed by atoms with Crippen LogP contribution in [0.1, 0.15) is 19.2 Å². The number of nitrogens with two attached hydrogens (primary N) is 1. The molecule has 0 aromatic carbocycles. The van der Waals surface area contributed by atoms with Crippen LogP contribution in [-0.4, -0.2) is 40.9 Å². The lowest BCUT2D eigenvalue weighted by atomic mass is 10.1. The predicted molar refractivity (Wildman–Crippen MR) is 64.6 cm³/mol. The molecule has 1 aliphatic rings. The second kappa shape index (κ2) is 4.46. The number of ether oxygens (including phenoxy) is 1. The van der Waals surface area contributed by atoms with Crippen molar-refractivity contribution in [1.82, 2.24) is 9.97 Å². The summed E-state index contributed by atoms with van der Waals surface area (Å²) in [5.41, 5.74) is 5.08. The Morgan fingerprint density at radius 2 is 2.35 bits per heavy atom. The number of β-amino-alcohol motifs (C(OH)–C–C–N with tert-alkyl or cyclic N) is 1. The summed E-state index contributed by atoms with van der Waals surface area (Å²) >= 11 is 0. The van der Waals surface area contributed by atoms with Gasteiger partial charge in [-0.05, 0) is 13.3 Å². The Bertz CT molecular complexity index is 408. The lowest BCUT2D eigenvalue weighted by Gasteiger charge is -2.20. The molecule has 1 aromatic heterocycles. The van der Waals surface area contributed by atoms with Crippen molar-refractivity contribution in [3.63, 3.8) is 0 Å². The van der Waals surface area contributed by atoms with Crippen LogP contribution in [-0.2, 0) is 11.3 Å². The lowest BCUT2D eigenvalue weighted by molar-refractivity contribution is 0.0839. The van der Waals surface area contributed by atoms with Gasteiger partial charge < -0.3 is 20.5 Å². The predicted octanol–water partition coefficient (Wildman–Crippen LogP) is 0.166. The molecule has 1 unspecified atom stereocenters. The van der Waals surface area contributed by atoms with Crippen molar-refractivity contribution in [2.75, 3.05) is 30.8 Å². The van der Waals surface area contributed by atoms with Crippen LogP contribution in [0.4, 0.5) is 11.6 Å². The maximum atomic E-state index is 9.93. The van der Waals surface area contributed by atoms with Crippen molar-refractivity contribution in [2.24, 2.45) is 0 Å². The van der Waals surface area contributed by atoms with Gasteiger partial charge in [0.05, 0.1) is 5.60 Å². The van der Waals surface area contributed by atoms with E-state index in [1.807, 2.05) is 11.8 Å². The van der Waals surface area contributed by atoms with E-state index < -0.39 is 5.60 Å². The molecule has 94 valence electrons. The van der Waals surface area contributed by atoms with Gasteiger partial charge in [0, 0.05) is 26.3 Å². The van der Waals surface area contributed by atoms with E-state index in [1.165, 1.54) is 0 Å². The number of nitrogen functional groups attached to an aromatic ring is 1. The minimum absolute atomic E-state index is 0.336. The smallest absolute Gasteiger partial charge is 0.158 e. The average molecular weight is 238 g/mol. The number of rotatable bonds is 3. The standard InChI is InChI=1S/C11H18N4O2/c1-11(16)3-4-15(7-11)10-5-8(12)13-9(14-10)6-17-2/h5,16H,3-4,6-7H2,1-2H3,(H2,12,13,14). The van der Waals surface area contributed by atoms with Gasteiger partial charge in [0.1, 0.15) is 18.2 Å². The van der Waals surface area contributed by atoms with Crippen molar-refractivity contribution < 1.29 is 9.84 Å². The molecule has 1 aromatic rings. The van der Waals surface area contributed by atoms with Gasteiger partial charge in [0.25, 0.3) is 0 Å². The molecule has 0 bridgehead atoms. The summed E-state index contributed by atoms with van der Waals surface area (Å²) in [5, 5.41) is 9.93. The highest BCUT2D eigenvalue weighted by molar-refractivity contribution is 5.48. The van der Waals surface area contributed by atoms with Gasteiger partial charge in [-0.3, -0.25) is 0 Å². The zero-order valence-electron chi connectivity index (χ0n) is 10.2. The average Bonchev–Trinajstić information content (AvgIpc) is 2.58. The molecule has 2 rings (SSSR count). The molecule has 1 saturated heterocycles. The van der Waals surface area contributed by atoms with Gasteiger partial charge in [0.15, 0.2) is 5.82 Å². The number of aliphatic hydroxyl groups is 1. The number of nitrogens with zero attached hydrogens (tertiary/aromatic N) is 3. The first-order valence-corrected chi connectivity index (χ1v) is 5.60. The van der Waals surface area contributed by atoms with Crippen LogP contribution in [0.2, 0.25) is 0 Å². The van der Waals surface area contributed by atoms with Gasteiger partial charge in [-0.2, -0.15) is 0 Å². The van der Waals surface area contributed by atoms with Crippen molar-refractivity contribution in [3.05, 3.63) is 11.9 Å². The van der Waals surface area contributed by atoms with Gasteiger partial charge in [0.2, 0.25) is 0 Å². The van der Waals surface area contributed by atoms with Crippen LogP contribution < -0.4 is 10.6 Å². The van der Waals surface area contributed by atoms with E-state index in [0.29, 0.717) is 24.8 Å². The molecule has 0 aliphatic carbocycles. The maximum Gasteiger partial charge on any atom is 0.158 e. The minimum Gasteiger partial charge on any atom is -0.388 e. The first-order valence-electron chi connectivity index (χ1n) is 5.60. The van der Waals surface area contributed by atoms with Crippen molar-refractivity contribution >= 4 is 11.6 Å². The highest BCUT2D eigenvalue weighted by Gasteiger charge is 2.32. The van der Waals surface area contributed by atoms with Crippen LogP contribution in [0.25, 0.3) is 0 Å². The molecule has 3 N–H and O–H groups in total. The van der Waals surface area contributed by atoms with E-state index in [4.69, 9.17) is 10.5 Å². The molecule has 2 heterocycles. The van der Waals surface area contributed by atoms with Crippen LogP contribution >= 0.6 is 0 Å². The summed E-state index contributed by atoms with van der Waals surface area (Å²) < 4.78 is 4.99. The van der Waals surface area contributed by atoms with Crippen molar-refractivity contribution in [1.29, 1.82) is 0 Å². The zero-order valence-corrected chi connectivity index (χ0v) is 10.2. The molecule has 6 nitrogen and oxygen atoms in total. The van der Waals surface area contributed by atoms with Gasteiger partial charge in [-0.25, -0.2) is 9.97 Å². The second-order valence-corrected chi connectivity index (χ2v) is 4.67. The van der Waals surface area contributed by atoms with Gasteiger partial charge in [-0.1, -0.05) is 0 Å². The molecular formula is C11H18N4O2. The van der Waals surface area contributed by atoms with Crippen LogP contribution in [0.3, 0.4) is 0 Å². The first-order chi connectivity index (χ1) is 8.00. The Morgan fingerprint density at radius 3 is 2.94 bits per heavy atom. The monoisotopic (exact) mass is 238 g/mol. The minimum atomic E-state index is -0.652. The first kappa shape index (κ1) is 12.1. The third-order valence-electron chi connectivity index (χ3n) is 2.83. The van der Waals surface area contributed by atoms with E-state index in [0.717, 1.165) is 18.8 Å². The van der Waals surface area contributed by atoms with Crippen LogP contribution in [0.5, 0.6) is 0 Å². The van der Waals surface area contributed by atoms with Crippen molar-refractivity contribution in [2.45, 2.75) is 25.6 Å². The molecule has 0 spiro atoms. The number of hydrogen-bond acceptors (Lipinski definition) is 6. The third-order valence-corrected chi connectivity index (χ3v) is 2.83. The van der Waals surface area contributed by atoms with Crippen molar-refractivity contribution in [3.8, 4) is 0 Å². The Hall–Kier alpha value is -1.40. The lowest BCUT2D eigenvalue weighted by Crippen LogP contribution is -2.30. The Kier molecular flexibility index (Phi) is 3.17. The third kappa shape index (κ3) is 2.83. The fraction of sp³-hybridized carbons (Fsp3) is 0.636. The highest BCUT2D eigenvalue weighted by atomic mass is 16.5. The van der Waals surface area contributed by atoms with E-state index in [-0.39, 0.29) is 0 Å². The Balaban J connectivity index is 2.21. The maximum absolute atomic E-state index is 9.93. The summed E-state index contributed by atoms with van der Waals surface area (Å²) in [5.74, 6) is 1.74. The molecule has 6 heteroatoms. The Morgan fingerprint density at radius 1 is 1.59 bits per heavy atom. The van der Waals surface area contributed by atoms with E-state index >= 15 is 0 Å². The fourth-order valence-electron chi connectivity index (χ4n) is 2.00. The molecular weight excluding hydrogens is 220 g/mol. The summed E-state index contributed by atoms with van der Waals surface area (Å²) in [6.07, 6.45) is 0.733. The highest BCUT2D eigenvalue weighted by Crippen LogP contribution is 2.25. The van der Waals surface area contributed by atoms with E-state index in [9.17, 15) is 5.11 Å². The largest absolute Gasteiger partial charge is 0.388 e. The molecule has 1 fully saturated rings. The summed E-state index contributed by atoms with van der Waals surface area (Å²) in [4.78, 5) is 10.5. The number of methoxy groups -OCH3 is 1. The van der Waals surface area contributed by atoms with Crippen LogP contribution in [0, 0.1) is 0 Å². The molecule has 0 radical (unpaired) electrons. The molecule has 1 aliphatic heterocycles. The van der Waals surface area contributed by atoms with Crippen LogP contribution in [0.15, 0.2) is 6.07 Å². The zero-order chi connectivity index (χ0) is 12.5. The van der Waals surface area contributed by atoms with Gasteiger partial charge in [-0.15, -0.1) is 0 Å². The summed E-state index contributed by atoms with van der Waals surface area (Å²) in [6, 6.07) is 1.72. The Labute approximate surface area is 100 Å². The number of anilines is 2. The quantitative estimate of drug-likeness (QED) is 0.780. The second-order valence-electron chi connectivity index (χ2n) is 4.67. The summed E-state index contributed by atoms with van der Waals surface area (Å²) in [6.45, 7) is 3.50. The van der Waals surface area contributed by atoms with E-state index in [2.05, 4.69) is 9.97 Å². The van der Waals surface area contributed by atoms with Gasteiger partial charge >= 0.3 is 0 Å². The number of hydrogen-bond donors (Lipinski definition) is 2. The fourth-order valence-corrected chi connectivity index (χ4v) is 2.00. The molecule has 0 saturated carbocycles. The molecule has 17 heavy (non-hydrogen) atoms. The summed E-state index contributed by atoms with van der Waals surface area (Å²) in [7, 11) is 1.59. The molecule has 1 atom stereocenters.